The largest absolute Gasteiger partial charge is 0.345 e. The fraction of sp³-hybridized carbons (Fsp3) is 0.706. The fourth-order valence-corrected chi connectivity index (χ4v) is 3.98. The van der Waals surface area contributed by atoms with Gasteiger partial charge in [0.25, 0.3) is 0 Å². The summed E-state index contributed by atoms with van der Waals surface area (Å²) in [4.78, 5) is 14.6. The van der Waals surface area contributed by atoms with Gasteiger partial charge in [-0.25, -0.2) is 0 Å². The highest BCUT2D eigenvalue weighted by atomic mass is 16.1. The summed E-state index contributed by atoms with van der Waals surface area (Å²) in [6.45, 7) is 8.07. The SMILES string of the molecule is CCCN1CCC(n2c(C)cc3c2CCCC3=O)CC1. The van der Waals surface area contributed by atoms with Gasteiger partial charge in [0.05, 0.1) is 0 Å². The van der Waals surface area contributed by atoms with Gasteiger partial charge < -0.3 is 9.47 Å². The van der Waals surface area contributed by atoms with Crippen molar-refractivity contribution in [2.24, 2.45) is 0 Å². The molecule has 0 spiro atoms. The number of carbonyl (C=O) groups is 1. The van der Waals surface area contributed by atoms with Crippen molar-refractivity contribution in [2.45, 2.75) is 58.4 Å². The number of Topliss-reactive ketones (excluding diaryl/α,β-unsaturated/α-hetero) is 1. The van der Waals surface area contributed by atoms with E-state index >= 15 is 0 Å². The van der Waals surface area contributed by atoms with E-state index in [1.807, 2.05) is 0 Å². The number of piperidine rings is 1. The molecular formula is C17H26N2O. The predicted octanol–water partition coefficient (Wildman–Crippen LogP) is 3.36. The second-order valence-corrected chi connectivity index (χ2v) is 6.37. The Balaban J connectivity index is 1.80. The summed E-state index contributed by atoms with van der Waals surface area (Å²) in [6, 6.07) is 2.74. The van der Waals surface area contributed by atoms with Crippen molar-refractivity contribution in [3.63, 3.8) is 0 Å². The molecule has 0 unspecified atom stereocenters. The summed E-state index contributed by atoms with van der Waals surface area (Å²) in [7, 11) is 0. The molecular weight excluding hydrogens is 248 g/mol. The van der Waals surface area contributed by atoms with Crippen LogP contribution in [0, 0.1) is 6.92 Å². The van der Waals surface area contributed by atoms with E-state index in [1.54, 1.807) is 0 Å². The Labute approximate surface area is 122 Å². The Kier molecular flexibility index (Phi) is 3.97. The molecule has 3 nitrogen and oxygen atoms in total. The number of fused-ring (bicyclic) bond motifs is 1. The summed E-state index contributed by atoms with van der Waals surface area (Å²) in [6.07, 6.45) is 6.57. The molecule has 0 bridgehead atoms. The summed E-state index contributed by atoms with van der Waals surface area (Å²) in [5.74, 6) is 0.358. The van der Waals surface area contributed by atoms with E-state index < -0.39 is 0 Å². The van der Waals surface area contributed by atoms with Gasteiger partial charge in [-0.15, -0.1) is 0 Å². The molecule has 1 aliphatic heterocycles. The molecule has 0 atom stereocenters. The molecule has 20 heavy (non-hydrogen) atoms. The standard InChI is InChI=1S/C17H26N2O/c1-3-9-18-10-7-14(8-11-18)19-13(2)12-15-16(19)5-4-6-17(15)20/h12,14H,3-11H2,1-2H3. The molecule has 2 heterocycles. The number of aromatic nitrogens is 1. The average molecular weight is 274 g/mol. The van der Waals surface area contributed by atoms with E-state index in [1.165, 1.54) is 50.3 Å². The summed E-state index contributed by atoms with van der Waals surface area (Å²) in [5.41, 5.74) is 3.64. The zero-order valence-corrected chi connectivity index (χ0v) is 12.8. The second kappa shape index (κ2) is 5.72. The lowest BCUT2D eigenvalue weighted by Crippen LogP contribution is -2.35. The quantitative estimate of drug-likeness (QED) is 0.844. The lowest BCUT2D eigenvalue weighted by atomic mass is 9.96. The van der Waals surface area contributed by atoms with Gasteiger partial charge >= 0.3 is 0 Å². The van der Waals surface area contributed by atoms with Crippen LogP contribution in [0.1, 0.15) is 66.8 Å². The molecule has 0 radical (unpaired) electrons. The van der Waals surface area contributed by atoms with Gasteiger partial charge in [-0.3, -0.25) is 4.79 Å². The van der Waals surface area contributed by atoms with E-state index in [-0.39, 0.29) is 0 Å². The zero-order valence-electron chi connectivity index (χ0n) is 12.8. The van der Waals surface area contributed by atoms with Crippen LogP contribution in [-0.2, 0) is 6.42 Å². The molecule has 3 heteroatoms. The summed E-state index contributed by atoms with van der Waals surface area (Å²) < 4.78 is 2.50. The lowest BCUT2D eigenvalue weighted by Gasteiger charge is -2.34. The fourth-order valence-electron chi connectivity index (χ4n) is 3.98. The van der Waals surface area contributed by atoms with E-state index in [0.29, 0.717) is 11.8 Å². The van der Waals surface area contributed by atoms with Crippen molar-refractivity contribution in [3.05, 3.63) is 23.0 Å². The number of nitrogens with zero attached hydrogens (tertiary/aromatic N) is 2. The zero-order chi connectivity index (χ0) is 14.1. The number of ketones is 1. The highest BCUT2D eigenvalue weighted by molar-refractivity contribution is 5.98. The number of hydrogen-bond acceptors (Lipinski definition) is 2. The minimum Gasteiger partial charge on any atom is -0.345 e. The van der Waals surface area contributed by atoms with Crippen molar-refractivity contribution in [1.29, 1.82) is 0 Å². The van der Waals surface area contributed by atoms with Crippen molar-refractivity contribution in [2.75, 3.05) is 19.6 Å². The molecule has 1 saturated heterocycles. The number of hydrogen-bond donors (Lipinski definition) is 0. The van der Waals surface area contributed by atoms with Crippen LogP contribution in [0.15, 0.2) is 6.07 Å². The minimum absolute atomic E-state index is 0.358. The van der Waals surface area contributed by atoms with E-state index in [9.17, 15) is 4.79 Å². The molecule has 0 amide bonds. The van der Waals surface area contributed by atoms with Crippen LogP contribution in [0.25, 0.3) is 0 Å². The van der Waals surface area contributed by atoms with E-state index in [2.05, 4.69) is 29.4 Å². The average Bonchev–Trinajstić information content (AvgIpc) is 2.78. The number of likely N-dealkylation sites (tertiary alicyclic amines) is 1. The number of rotatable bonds is 3. The Morgan fingerprint density at radius 2 is 2.00 bits per heavy atom. The third kappa shape index (κ3) is 2.44. The van der Waals surface area contributed by atoms with Crippen LogP contribution in [0.3, 0.4) is 0 Å². The molecule has 1 aromatic heterocycles. The topological polar surface area (TPSA) is 25.2 Å². The van der Waals surface area contributed by atoms with Crippen LogP contribution in [0.5, 0.6) is 0 Å². The van der Waals surface area contributed by atoms with Crippen LogP contribution >= 0.6 is 0 Å². The van der Waals surface area contributed by atoms with Crippen molar-refractivity contribution < 1.29 is 4.79 Å². The number of aryl methyl sites for hydroxylation is 1. The summed E-state index contributed by atoms with van der Waals surface area (Å²) >= 11 is 0. The highest BCUT2D eigenvalue weighted by Crippen LogP contribution is 2.32. The molecule has 0 aromatic carbocycles. The van der Waals surface area contributed by atoms with Crippen LogP contribution in [-0.4, -0.2) is 34.9 Å². The Hall–Kier alpha value is -1.09. The molecule has 1 aromatic rings. The second-order valence-electron chi connectivity index (χ2n) is 6.37. The third-order valence-electron chi connectivity index (χ3n) is 4.91. The van der Waals surface area contributed by atoms with Crippen molar-refractivity contribution in [3.8, 4) is 0 Å². The molecule has 1 fully saturated rings. The van der Waals surface area contributed by atoms with Gasteiger partial charge in [-0.05, 0) is 51.6 Å². The molecule has 2 aliphatic rings. The van der Waals surface area contributed by atoms with Gasteiger partial charge in [0.1, 0.15) is 0 Å². The van der Waals surface area contributed by atoms with Crippen LogP contribution < -0.4 is 0 Å². The highest BCUT2D eigenvalue weighted by Gasteiger charge is 2.28. The van der Waals surface area contributed by atoms with Gasteiger partial charge in [0, 0.05) is 42.5 Å². The lowest BCUT2D eigenvalue weighted by molar-refractivity contribution is 0.0971. The first kappa shape index (κ1) is 13.9. The van der Waals surface area contributed by atoms with Crippen molar-refractivity contribution in [1.82, 2.24) is 9.47 Å². The Bertz CT molecular complexity index is 495. The normalized spacial score (nSPS) is 21.2. The molecule has 0 N–H and O–H groups in total. The molecule has 3 rings (SSSR count). The smallest absolute Gasteiger partial charge is 0.164 e. The van der Waals surface area contributed by atoms with Gasteiger partial charge in [0.2, 0.25) is 0 Å². The van der Waals surface area contributed by atoms with E-state index in [4.69, 9.17) is 0 Å². The van der Waals surface area contributed by atoms with Crippen LogP contribution in [0.2, 0.25) is 0 Å². The van der Waals surface area contributed by atoms with Gasteiger partial charge in [0.15, 0.2) is 5.78 Å². The number of carbonyl (C=O) groups excluding carboxylic acids is 1. The Morgan fingerprint density at radius 3 is 2.70 bits per heavy atom. The first-order valence-electron chi connectivity index (χ1n) is 8.17. The van der Waals surface area contributed by atoms with Gasteiger partial charge in [-0.2, -0.15) is 0 Å². The first-order valence-corrected chi connectivity index (χ1v) is 8.17. The maximum Gasteiger partial charge on any atom is 0.164 e. The minimum atomic E-state index is 0.358. The molecule has 0 saturated carbocycles. The van der Waals surface area contributed by atoms with Crippen LogP contribution in [0.4, 0.5) is 0 Å². The third-order valence-corrected chi connectivity index (χ3v) is 4.91. The monoisotopic (exact) mass is 274 g/mol. The van der Waals surface area contributed by atoms with Crippen molar-refractivity contribution >= 4 is 5.78 Å². The first-order chi connectivity index (χ1) is 9.70. The Morgan fingerprint density at radius 1 is 1.25 bits per heavy atom. The summed E-state index contributed by atoms with van der Waals surface area (Å²) in [5, 5.41) is 0. The predicted molar refractivity (Wildman–Crippen MR) is 81.4 cm³/mol. The maximum absolute atomic E-state index is 12.0. The molecule has 1 aliphatic carbocycles. The van der Waals surface area contributed by atoms with E-state index in [0.717, 1.165) is 24.8 Å². The molecule has 110 valence electrons. The maximum atomic E-state index is 12.0. The van der Waals surface area contributed by atoms with Gasteiger partial charge in [-0.1, -0.05) is 6.92 Å².